The lowest BCUT2D eigenvalue weighted by Crippen LogP contribution is -2.39. The van der Waals surface area contributed by atoms with E-state index in [4.69, 9.17) is 0 Å². The van der Waals surface area contributed by atoms with Crippen LogP contribution in [-0.4, -0.2) is 29.1 Å². The maximum absolute atomic E-state index is 12.6. The van der Waals surface area contributed by atoms with Gasteiger partial charge >= 0.3 is 0 Å². The van der Waals surface area contributed by atoms with Gasteiger partial charge < -0.3 is 4.90 Å². The highest BCUT2D eigenvalue weighted by Crippen LogP contribution is 2.65. The van der Waals surface area contributed by atoms with Crippen molar-refractivity contribution >= 4 is 5.91 Å². The quantitative estimate of drug-likeness (QED) is 0.837. The average Bonchev–Trinajstić information content (AvgIpc) is 2.45. The molecule has 1 N–H and O–H groups in total. The Kier molecular flexibility index (Phi) is 3.05. The van der Waals surface area contributed by atoms with Crippen molar-refractivity contribution in [3.8, 4) is 0 Å². The molecule has 1 saturated heterocycles. The van der Waals surface area contributed by atoms with Crippen LogP contribution in [0.15, 0.2) is 0 Å². The Morgan fingerprint density at radius 2 is 1.72 bits per heavy atom. The van der Waals surface area contributed by atoms with Crippen LogP contribution in [0.1, 0.15) is 54.9 Å². The molecular weight excluding hydrogens is 224 g/mol. The molecule has 18 heavy (non-hydrogen) atoms. The van der Waals surface area contributed by atoms with Crippen LogP contribution >= 0.6 is 0 Å². The molecule has 0 aromatic rings. The van der Waals surface area contributed by atoms with E-state index in [1.807, 2.05) is 0 Å². The molecule has 104 valence electrons. The van der Waals surface area contributed by atoms with E-state index in [1.54, 1.807) is 0 Å². The molecule has 0 aromatic carbocycles. The van der Waals surface area contributed by atoms with Crippen molar-refractivity contribution < 1.29 is 4.79 Å². The molecule has 0 bridgehead atoms. The second-order valence-corrected chi connectivity index (χ2v) is 7.62. The van der Waals surface area contributed by atoms with Crippen molar-refractivity contribution in [2.45, 2.75) is 73.1 Å². The first kappa shape index (κ1) is 13.9. The van der Waals surface area contributed by atoms with Crippen LogP contribution in [0.4, 0.5) is 0 Å². The van der Waals surface area contributed by atoms with E-state index in [2.05, 4.69) is 58.7 Å². The van der Waals surface area contributed by atoms with Gasteiger partial charge in [0, 0.05) is 6.04 Å². The number of nitrogens with one attached hydrogen (secondary N) is 1. The summed E-state index contributed by atoms with van der Waals surface area (Å²) in [5, 5.41) is 3.46. The monoisotopic (exact) mass is 252 g/mol. The lowest BCUT2D eigenvalue weighted by Gasteiger charge is -2.23. The van der Waals surface area contributed by atoms with Gasteiger partial charge in [0.1, 0.15) is 0 Å². The van der Waals surface area contributed by atoms with Crippen molar-refractivity contribution in [1.82, 2.24) is 10.2 Å². The minimum absolute atomic E-state index is 0.0206. The molecule has 0 aromatic heterocycles. The third-order valence-electron chi connectivity index (χ3n) is 5.34. The lowest BCUT2D eigenvalue weighted by atomic mass is 10.0. The van der Waals surface area contributed by atoms with Gasteiger partial charge in [-0.15, -0.1) is 0 Å². The first-order chi connectivity index (χ1) is 8.10. The second-order valence-electron chi connectivity index (χ2n) is 7.62. The van der Waals surface area contributed by atoms with Gasteiger partial charge in [-0.2, -0.15) is 0 Å². The van der Waals surface area contributed by atoms with Crippen LogP contribution in [0, 0.1) is 16.7 Å². The average molecular weight is 252 g/mol. The summed E-state index contributed by atoms with van der Waals surface area (Å²) in [5.74, 6) is 0.860. The lowest BCUT2D eigenvalue weighted by molar-refractivity contribution is -0.131. The van der Waals surface area contributed by atoms with Crippen LogP contribution in [0.5, 0.6) is 0 Å². The van der Waals surface area contributed by atoms with Gasteiger partial charge in [0.2, 0.25) is 5.91 Å². The molecule has 1 saturated carbocycles. The Labute approximate surface area is 111 Å². The van der Waals surface area contributed by atoms with Crippen LogP contribution in [0.3, 0.4) is 0 Å². The molecule has 2 atom stereocenters. The Balaban J connectivity index is 2.14. The molecule has 3 nitrogen and oxygen atoms in total. The summed E-state index contributed by atoms with van der Waals surface area (Å²) in [6.07, 6.45) is 1.11. The zero-order valence-corrected chi connectivity index (χ0v) is 12.9. The molecule has 2 fully saturated rings. The van der Waals surface area contributed by atoms with E-state index >= 15 is 0 Å². The van der Waals surface area contributed by atoms with E-state index in [9.17, 15) is 4.79 Å². The standard InChI is InChI=1S/C15H28N2O/c1-9(2)8-11-12(18)17(10(3)16-11)13-14(4,5)15(13,6)7/h9-11,13,16H,8H2,1-7H3. The highest BCUT2D eigenvalue weighted by molar-refractivity contribution is 5.85. The highest BCUT2D eigenvalue weighted by Gasteiger charge is 2.69. The zero-order valence-electron chi connectivity index (χ0n) is 12.9. The summed E-state index contributed by atoms with van der Waals surface area (Å²) < 4.78 is 0. The number of carbonyl (C=O) groups excluding carboxylic acids is 1. The molecule has 1 aliphatic heterocycles. The molecule has 0 radical (unpaired) electrons. The topological polar surface area (TPSA) is 32.3 Å². The van der Waals surface area contributed by atoms with Gasteiger partial charge in [-0.3, -0.25) is 10.1 Å². The van der Waals surface area contributed by atoms with Crippen LogP contribution in [0.25, 0.3) is 0 Å². The fraction of sp³-hybridized carbons (Fsp3) is 0.933. The number of nitrogens with zero attached hydrogens (tertiary/aromatic N) is 1. The maximum atomic E-state index is 12.6. The van der Waals surface area contributed by atoms with Crippen LogP contribution in [-0.2, 0) is 4.79 Å². The Hall–Kier alpha value is -0.570. The van der Waals surface area contributed by atoms with Gasteiger partial charge in [-0.25, -0.2) is 0 Å². The maximum Gasteiger partial charge on any atom is 0.241 e. The fourth-order valence-electron chi connectivity index (χ4n) is 3.66. The summed E-state index contributed by atoms with van der Waals surface area (Å²) in [4.78, 5) is 14.7. The van der Waals surface area contributed by atoms with E-state index < -0.39 is 0 Å². The van der Waals surface area contributed by atoms with E-state index in [0.29, 0.717) is 17.9 Å². The van der Waals surface area contributed by atoms with E-state index in [1.165, 1.54) is 0 Å². The minimum atomic E-state index is 0.0206. The van der Waals surface area contributed by atoms with Crippen molar-refractivity contribution in [3.05, 3.63) is 0 Å². The highest BCUT2D eigenvalue weighted by atomic mass is 16.2. The molecular formula is C15H28N2O. The number of hydrogen-bond donors (Lipinski definition) is 1. The van der Waals surface area contributed by atoms with Crippen LogP contribution in [0.2, 0.25) is 0 Å². The Morgan fingerprint density at radius 3 is 2.11 bits per heavy atom. The smallest absolute Gasteiger partial charge is 0.241 e. The molecule has 1 aliphatic carbocycles. The molecule has 1 heterocycles. The predicted octanol–water partition coefficient (Wildman–Crippen LogP) is 2.61. The molecule has 3 heteroatoms. The number of amides is 1. The van der Waals surface area contributed by atoms with Crippen molar-refractivity contribution in [1.29, 1.82) is 0 Å². The predicted molar refractivity (Wildman–Crippen MR) is 74.0 cm³/mol. The molecule has 2 rings (SSSR count). The molecule has 1 amide bonds. The SMILES string of the molecule is CC(C)CC1NC(C)N(C2C(C)(C)C2(C)C)C1=O. The zero-order chi connectivity index (χ0) is 13.9. The summed E-state index contributed by atoms with van der Waals surface area (Å²) in [6.45, 7) is 15.5. The van der Waals surface area contributed by atoms with Gasteiger partial charge in [0.15, 0.2) is 0 Å². The fourth-order valence-corrected chi connectivity index (χ4v) is 3.66. The first-order valence-corrected chi connectivity index (χ1v) is 7.19. The van der Waals surface area contributed by atoms with Gasteiger partial charge in [0.05, 0.1) is 12.2 Å². The summed E-state index contributed by atoms with van der Waals surface area (Å²) in [5.41, 5.74) is 0.455. The van der Waals surface area contributed by atoms with Gasteiger partial charge in [0.25, 0.3) is 0 Å². The minimum Gasteiger partial charge on any atom is -0.322 e. The van der Waals surface area contributed by atoms with Crippen molar-refractivity contribution in [3.63, 3.8) is 0 Å². The summed E-state index contributed by atoms with van der Waals surface area (Å²) in [6, 6.07) is 0.393. The molecule has 0 spiro atoms. The van der Waals surface area contributed by atoms with Crippen LogP contribution < -0.4 is 5.32 Å². The van der Waals surface area contributed by atoms with E-state index in [0.717, 1.165) is 6.42 Å². The Bertz CT molecular complexity index is 346. The molecule has 2 aliphatic rings. The largest absolute Gasteiger partial charge is 0.322 e. The number of hydrogen-bond acceptors (Lipinski definition) is 2. The Morgan fingerprint density at radius 1 is 1.22 bits per heavy atom. The third kappa shape index (κ3) is 1.78. The number of rotatable bonds is 3. The second kappa shape index (κ2) is 3.96. The summed E-state index contributed by atoms with van der Waals surface area (Å²) >= 11 is 0. The summed E-state index contributed by atoms with van der Waals surface area (Å²) in [7, 11) is 0. The number of carbonyl (C=O) groups is 1. The van der Waals surface area contributed by atoms with E-state index in [-0.39, 0.29) is 23.0 Å². The third-order valence-corrected chi connectivity index (χ3v) is 5.34. The van der Waals surface area contributed by atoms with Crippen molar-refractivity contribution in [2.75, 3.05) is 0 Å². The first-order valence-electron chi connectivity index (χ1n) is 7.19. The molecule has 2 unspecified atom stereocenters. The van der Waals surface area contributed by atoms with Gasteiger partial charge in [-0.05, 0) is 30.1 Å². The van der Waals surface area contributed by atoms with Gasteiger partial charge in [-0.1, -0.05) is 41.5 Å². The van der Waals surface area contributed by atoms with Crippen molar-refractivity contribution in [2.24, 2.45) is 16.7 Å². The normalized spacial score (nSPS) is 34.4.